The minimum absolute atomic E-state index is 0.0465. The molecule has 1 aromatic heterocycles. The summed E-state index contributed by atoms with van der Waals surface area (Å²) in [6.07, 6.45) is -0.657. The van der Waals surface area contributed by atoms with E-state index in [2.05, 4.69) is 0 Å². The van der Waals surface area contributed by atoms with Crippen LogP contribution >= 0.6 is 0 Å². The second-order valence-corrected chi connectivity index (χ2v) is 5.93. The number of benzene rings is 1. The summed E-state index contributed by atoms with van der Waals surface area (Å²) in [6.45, 7) is 2.52. The maximum atomic E-state index is 12.6. The molecule has 122 valence electrons. The molecule has 1 fully saturated rings. The summed E-state index contributed by atoms with van der Waals surface area (Å²) in [5, 5.41) is 10.5. The van der Waals surface area contributed by atoms with E-state index in [9.17, 15) is 14.7 Å². The Balaban J connectivity index is 1.92. The van der Waals surface area contributed by atoms with Crippen LogP contribution < -0.4 is 5.43 Å². The standard InChI is InChI=1S/C17H20N2O4/c1-11-7-15(20)12-5-3-4-6-13(12)19(11)8-17(22)18(2)14-9-23-10-16(14)21/h3-7,14,16,21H,8-10H2,1-2H3/t14-,16-/m1/s1. The number of aliphatic hydroxyl groups excluding tert-OH is 1. The fourth-order valence-electron chi connectivity index (χ4n) is 3.00. The van der Waals surface area contributed by atoms with Gasteiger partial charge in [-0.3, -0.25) is 9.59 Å². The SMILES string of the molecule is Cc1cc(=O)c2ccccc2n1CC(=O)N(C)[C@@H]1COC[C@H]1O. The maximum absolute atomic E-state index is 12.6. The smallest absolute Gasteiger partial charge is 0.242 e. The van der Waals surface area contributed by atoms with Crippen molar-refractivity contribution in [3.8, 4) is 0 Å². The Hall–Kier alpha value is -2.18. The number of likely N-dealkylation sites (N-methyl/N-ethyl adjacent to an activating group) is 1. The molecule has 1 aromatic carbocycles. The molecule has 2 atom stereocenters. The predicted molar refractivity (Wildman–Crippen MR) is 86.3 cm³/mol. The number of hydrogen-bond acceptors (Lipinski definition) is 4. The first-order valence-electron chi connectivity index (χ1n) is 7.59. The van der Waals surface area contributed by atoms with E-state index in [0.29, 0.717) is 12.0 Å². The van der Waals surface area contributed by atoms with E-state index in [4.69, 9.17) is 4.74 Å². The van der Waals surface area contributed by atoms with Crippen molar-refractivity contribution >= 4 is 16.8 Å². The lowest BCUT2D eigenvalue weighted by Gasteiger charge is -2.27. The van der Waals surface area contributed by atoms with Crippen molar-refractivity contribution in [1.29, 1.82) is 0 Å². The van der Waals surface area contributed by atoms with Gasteiger partial charge in [0.15, 0.2) is 5.43 Å². The van der Waals surface area contributed by atoms with Gasteiger partial charge in [-0.25, -0.2) is 0 Å². The molecule has 23 heavy (non-hydrogen) atoms. The molecule has 3 rings (SSSR count). The van der Waals surface area contributed by atoms with Crippen molar-refractivity contribution in [3.63, 3.8) is 0 Å². The van der Waals surface area contributed by atoms with Crippen LogP contribution in [0.2, 0.25) is 0 Å². The summed E-state index contributed by atoms with van der Waals surface area (Å²) in [4.78, 5) is 26.2. The van der Waals surface area contributed by atoms with Crippen molar-refractivity contribution in [2.45, 2.75) is 25.6 Å². The van der Waals surface area contributed by atoms with E-state index in [0.717, 1.165) is 11.2 Å². The van der Waals surface area contributed by atoms with Crippen LogP contribution in [0.4, 0.5) is 0 Å². The molecule has 0 bridgehead atoms. The number of fused-ring (bicyclic) bond motifs is 1. The number of amides is 1. The lowest BCUT2D eigenvalue weighted by molar-refractivity contribution is -0.134. The molecule has 2 heterocycles. The minimum Gasteiger partial charge on any atom is -0.388 e. The van der Waals surface area contributed by atoms with Gasteiger partial charge in [-0.2, -0.15) is 0 Å². The molecule has 6 heteroatoms. The van der Waals surface area contributed by atoms with Crippen LogP contribution in [0.1, 0.15) is 5.69 Å². The molecule has 1 aliphatic rings. The summed E-state index contributed by atoms with van der Waals surface area (Å²) in [7, 11) is 1.67. The first-order valence-corrected chi connectivity index (χ1v) is 7.59. The second kappa shape index (κ2) is 6.14. The zero-order valence-electron chi connectivity index (χ0n) is 13.2. The Bertz CT molecular complexity index is 799. The molecule has 0 aliphatic carbocycles. The molecular formula is C17H20N2O4. The number of aliphatic hydroxyl groups is 1. The van der Waals surface area contributed by atoms with Crippen molar-refractivity contribution < 1.29 is 14.6 Å². The number of nitrogens with zero attached hydrogens (tertiary/aromatic N) is 2. The van der Waals surface area contributed by atoms with Crippen LogP contribution in [-0.4, -0.2) is 52.9 Å². The first kappa shape index (κ1) is 15.7. The highest BCUT2D eigenvalue weighted by Crippen LogP contribution is 2.15. The third-order valence-electron chi connectivity index (χ3n) is 4.43. The molecule has 1 aliphatic heterocycles. The Labute approximate surface area is 133 Å². The van der Waals surface area contributed by atoms with Gasteiger partial charge in [0, 0.05) is 24.2 Å². The molecule has 0 radical (unpaired) electrons. The molecule has 2 aromatic rings. The predicted octanol–water partition coefficient (Wildman–Crippen LogP) is 0.528. The van der Waals surface area contributed by atoms with E-state index < -0.39 is 6.10 Å². The van der Waals surface area contributed by atoms with Crippen molar-refractivity contribution in [3.05, 3.63) is 46.2 Å². The zero-order valence-corrected chi connectivity index (χ0v) is 13.2. The molecule has 1 saturated heterocycles. The van der Waals surface area contributed by atoms with Crippen LogP contribution in [0.3, 0.4) is 0 Å². The van der Waals surface area contributed by atoms with Gasteiger partial charge < -0.3 is 19.3 Å². The Kier molecular flexibility index (Phi) is 4.19. The minimum atomic E-state index is -0.657. The van der Waals surface area contributed by atoms with Gasteiger partial charge in [0.1, 0.15) is 6.54 Å². The average molecular weight is 316 g/mol. The summed E-state index contributed by atoms with van der Waals surface area (Å²) >= 11 is 0. The monoisotopic (exact) mass is 316 g/mol. The highest BCUT2D eigenvalue weighted by atomic mass is 16.5. The zero-order chi connectivity index (χ0) is 16.6. The molecule has 1 amide bonds. The van der Waals surface area contributed by atoms with E-state index in [-0.39, 0.29) is 30.5 Å². The molecular weight excluding hydrogens is 296 g/mol. The maximum Gasteiger partial charge on any atom is 0.242 e. The fourth-order valence-corrected chi connectivity index (χ4v) is 3.00. The summed E-state index contributed by atoms with van der Waals surface area (Å²) in [5.74, 6) is -0.128. The Morgan fingerprint density at radius 3 is 2.83 bits per heavy atom. The number of carbonyl (C=O) groups excluding carboxylic acids is 1. The van der Waals surface area contributed by atoms with Crippen LogP contribution in [-0.2, 0) is 16.1 Å². The van der Waals surface area contributed by atoms with Crippen molar-refractivity contribution in [2.24, 2.45) is 0 Å². The summed E-state index contributed by atoms with van der Waals surface area (Å²) in [6, 6.07) is 8.47. The third-order valence-corrected chi connectivity index (χ3v) is 4.43. The van der Waals surface area contributed by atoms with E-state index in [1.807, 2.05) is 29.7 Å². The largest absolute Gasteiger partial charge is 0.388 e. The summed E-state index contributed by atoms with van der Waals surface area (Å²) < 4.78 is 7.04. The van der Waals surface area contributed by atoms with Gasteiger partial charge >= 0.3 is 0 Å². The van der Waals surface area contributed by atoms with Gasteiger partial charge in [-0.15, -0.1) is 0 Å². The van der Waals surface area contributed by atoms with Gasteiger partial charge in [0.25, 0.3) is 0 Å². The van der Waals surface area contributed by atoms with Crippen molar-refractivity contribution in [1.82, 2.24) is 9.47 Å². The van der Waals surface area contributed by atoms with Crippen LogP contribution in [0, 0.1) is 6.92 Å². The first-order chi connectivity index (χ1) is 11.0. The van der Waals surface area contributed by atoms with Gasteiger partial charge in [-0.1, -0.05) is 12.1 Å². The van der Waals surface area contributed by atoms with E-state index in [1.165, 1.54) is 4.90 Å². The van der Waals surface area contributed by atoms with Gasteiger partial charge in [0.05, 0.1) is 30.9 Å². The number of pyridine rings is 1. The topological polar surface area (TPSA) is 71.8 Å². The average Bonchev–Trinajstić information content (AvgIpc) is 2.96. The quantitative estimate of drug-likeness (QED) is 0.896. The van der Waals surface area contributed by atoms with Gasteiger partial charge in [0.2, 0.25) is 5.91 Å². The molecule has 6 nitrogen and oxygen atoms in total. The Morgan fingerprint density at radius 1 is 1.39 bits per heavy atom. The highest BCUT2D eigenvalue weighted by molar-refractivity contribution is 5.82. The van der Waals surface area contributed by atoms with Crippen LogP contribution in [0.15, 0.2) is 35.1 Å². The number of aryl methyl sites for hydroxylation is 1. The Morgan fingerprint density at radius 2 is 2.13 bits per heavy atom. The normalized spacial score (nSPS) is 20.8. The van der Waals surface area contributed by atoms with Crippen LogP contribution in [0.5, 0.6) is 0 Å². The van der Waals surface area contributed by atoms with Gasteiger partial charge in [-0.05, 0) is 19.1 Å². The van der Waals surface area contributed by atoms with E-state index in [1.54, 1.807) is 19.2 Å². The fraction of sp³-hybridized carbons (Fsp3) is 0.412. The molecule has 0 unspecified atom stereocenters. The molecule has 0 spiro atoms. The molecule has 1 N–H and O–H groups in total. The van der Waals surface area contributed by atoms with Crippen molar-refractivity contribution in [2.75, 3.05) is 20.3 Å². The lowest BCUT2D eigenvalue weighted by Crippen LogP contribution is -2.45. The summed E-state index contributed by atoms with van der Waals surface area (Å²) in [5.41, 5.74) is 1.43. The number of carbonyl (C=O) groups is 1. The number of rotatable bonds is 3. The second-order valence-electron chi connectivity index (χ2n) is 5.93. The number of ether oxygens (including phenoxy) is 1. The highest BCUT2D eigenvalue weighted by Gasteiger charge is 2.32. The third kappa shape index (κ3) is 2.87. The van der Waals surface area contributed by atoms with E-state index >= 15 is 0 Å². The number of aromatic nitrogens is 1. The number of para-hydroxylation sites is 1. The number of hydrogen-bond donors (Lipinski definition) is 1. The lowest BCUT2D eigenvalue weighted by atomic mass is 10.1. The molecule has 0 saturated carbocycles. The van der Waals surface area contributed by atoms with Crippen LogP contribution in [0.25, 0.3) is 10.9 Å².